The monoisotopic (exact) mass is 395 g/mol. The fourth-order valence-corrected chi connectivity index (χ4v) is 3.58. The van der Waals surface area contributed by atoms with Gasteiger partial charge in [0.1, 0.15) is 0 Å². The summed E-state index contributed by atoms with van der Waals surface area (Å²) in [7, 11) is -3.23. The molecule has 142 valence electrons. The molecule has 2 aromatic heterocycles. The molecule has 4 rings (SSSR count). The van der Waals surface area contributed by atoms with Crippen molar-refractivity contribution in [1.82, 2.24) is 20.2 Å². The first kappa shape index (κ1) is 18.1. The number of benzene rings is 1. The van der Waals surface area contributed by atoms with Gasteiger partial charge in [-0.1, -0.05) is 30.4 Å². The molecule has 0 spiro atoms. The van der Waals surface area contributed by atoms with Crippen molar-refractivity contribution in [3.05, 3.63) is 65.4 Å². The second kappa shape index (κ2) is 7.01. The zero-order valence-electron chi connectivity index (χ0n) is 15.0. The van der Waals surface area contributed by atoms with Gasteiger partial charge in [0.2, 0.25) is 5.89 Å². The largest absolute Gasteiger partial charge is 0.414 e. The van der Waals surface area contributed by atoms with Gasteiger partial charge in [0, 0.05) is 17.7 Å². The molecule has 3 aromatic rings. The molecule has 1 aliphatic rings. The first-order valence-electron chi connectivity index (χ1n) is 8.52. The number of hydrogen-bond acceptors (Lipinski definition) is 8. The average molecular weight is 395 g/mol. The Morgan fingerprint density at radius 3 is 2.57 bits per heavy atom. The Morgan fingerprint density at radius 1 is 1.14 bits per heavy atom. The van der Waals surface area contributed by atoms with E-state index < -0.39 is 9.84 Å². The Hall–Kier alpha value is -3.33. The van der Waals surface area contributed by atoms with Gasteiger partial charge in [-0.05, 0) is 24.6 Å². The van der Waals surface area contributed by atoms with E-state index in [4.69, 9.17) is 10.2 Å². The number of anilines is 1. The molecule has 1 aliphatic carbocycles. The summed E-state index contributed by atoms with van der Waals surface area (Å²) >= 11 is 0. The van der Waals surface area contributed by atoms with E-state index in [1.807, 2.05) is 30.3 Å². The molecular weight excluding hydrogens is 378 g/mol. The Bertz CT molecular complexity index is 1180. The van der Waals surface area contributed by atoms with E-state index in [-0.39, 0.29) is 17.6 Å². The van der Waals surface area contributed by atoms with Crippen molar-refractivity contribution in [3.63, 3.8) is 0 Å². The predicted molar refractivity (Wildman–Crippen MR) is 105 cm³/mol. The molecule has 2 heterocycles. The molecule has 0 fully saturated rings. The Labute approximate surface area is 161 Å². The summed E-state index contributed by atoms with van der Waals surface area (Å²) in [6.45, 7) is 0. The third-order valence-corrected chi connectivity index (χ3v) is 5.50. The maximum absolute atomic E-state index is 11.6. The lowest BCUT2D eigenvalue weighted by atomic mass is 9.97. The topological polar surface area (TPSA) is 125 Å². The molecule has 1 aromatic carbocycles. The first-order valence-corrected chi connectivity index (χ1v) is 10.4. The van der Waals surface area contributed by atoms with Crippen LogP contribution in [0.1, 0.15) is 18.0 Å². The molecule has 9 heteroatoms. The van der Waals surface area contributed by atoms with Gasteiger partial charge in [-0.25, -0.2) is 18.4 Å². The third-order valence-electron chi connectivity index (χ3n) is 4.34. The second-order valence-electron chi connectivity index (χ2n) is 6.39. The van der Waals surface area contributed by atoms with Crippen molar-refractivity contribution in [2.24, 2.45) is 0 Å². The zero-order chi connectivity index (χ0) is 19.7. The highest BCUT2D eigenvalue weighted by Gasteiger charge is 2.21. The smallest absolute Gasteiger partial charge is 0.270 e. The van der Waals surface area contributed by atoms with Crippen LogP contribution in [0.4, 0.5) is 5.82 Å². The summed E-state index contributed by atoms with van der Waals surface area (Å²) < 4.78 is 29.0. The van der Waals surface area contributed by atoms with Crippen LogP contribution in [0.15, 0.2) is 64.1 Å². The van der Waals surface area contributed by atoms with Crippen molar-refractivity contribution < 1.29 is 12.8 Å². The number of rotatable bonds is 4. The van der Waals surface area contributed by atoms with Crippen molar-refractivity contribution in [3.8, 4) is 23.0 Å². The van der Waals surface area contributed by atoms with Gasteiger partial charge < -0.3 is 10.2 Å². The summed E-state index contributed by atoms with van der Waals surface area (Å²) in [5.74, 6) is 0.603. The summed E-state index contributed by atoms with van der Waals surface area (Å²) in [6, 6.07) is 9.38. The third kappa shape index (κ3) is 3.56. The van der Waals surface area contributed by atoms with Crippen LogP contribution in [0.3, 0.4) is 0 Å². The van der Waals surface area contributed by atoms with Crippen molar-refractivity contribution >= 4 is 15.7 Å². The van der Waals surface area contributed by atoms with Crippen LogP contribution in [-0.4, -0.2) is 34.8 Å². The summed E-state index contributed by atoms with van der Waals surface area (Å²) in [5, 5.41) is 8.10. The van der Waals surface area contributed by atoms with E-state index in [2.05, 4.69) is 20.2 Å². The Balaban J connectivity index is 1.64. The quantitative estimate of drug-likeness (QED) is 0.715. The van der Waals surface area contributed by atoms with E-state index in [0.29, 0.717) is 28.6 Å². The molecule has 8 nitrogen and oxygen atoms in total. The molecule has 0 bridgehead atoms. The standard InChI is InChI=1S/C19H17N5O3S/c1-28(25,26)14-9-7-12(8-10-14)15-11-21-17(20)16(22-15)19-24-23-18(27-19)13-5-3-2-4-6-13/h2-7,9-12H,8H2,1H3,(H2,20,21). The minimum Gasteiger partial charge on any atom is -0.414 e. The van der Waals surface area contributed by atoms with Gasteiger partial charge in [-0.3, -0.25) is 0 Å². The Kier molecular flexibility index (Phi) is 4.52. The van der Waals surface area contributed by atoms with Crippen LogP contribution in [0.2, 0.25) is 0 Å². The average Bonchev–Trinajstić information content (AvgIpc) is 3.18. The van der Waals surface area contributed by atoms with E-state index in [9.17, 15) is 8.42 Å². The molecule has 2 N–H and O–H groups in total. The lowest BCUT2D eigenvalue weighted by molar-refractivity contribution is 0.581. The molecule has 0 saturated heterocycles. The van der Waals surface area contributed by atoms with Gasteiger partial charge in [0.05, 0.1) is 16.8 Å². The second-order valence-corrected chi connectivity index (χ2v) is 8.40. The van der Waals surface area contributed by atoms with Gasteiger partial charge in [-0.2, -0.15) is 0 Å². The number of nitrogens with zero attached hydrogens (tertiary/aromatic N) is 4. The van der Waals surface area contributed by atoms with Crippen LogP contribution in [0, 0.1) is 0 Å². The predicted octanol–water partition coefficient (Wildman–Crippen LogP) is 2.75. The van der Waals surface area contributed by atoms with Gasteiger partial charge >= 0.3 is 0 Å². The van der Waals surface area contributed by atoms with Crippen molar-refractivity contribution in [1.29, 1.82) is 0 Å². The number of sulfone groups is 1. The van der Waals surface area contributed by atoms with Gasteiger partial charge in [-0.15, -0.1) is 10.2 Å². The summed E-state index contributed by atoms with van der Waals surface area (Å²) in [6.07, 6.45) is 8.31. The van der Waals surface area contributed by atoms with Crippen LogP contribution in [-0.2, 0) is 9.84 Å². The van der Waals surface area contributed by atoms with Crippen molar-refractivity contribution in [2.75, 3.05) is 12.0 Å². The van der Waals surface area contributed by atoms with Gasteiger partial charge in [0.15, 0.2) is 21.3 Å². The van der Waals surface area contributed by atoms with E-state index in [1.165, 1.54) is 6.26 Å². The van der Waals surface area contributed by atoms with Crippen LogP contribution in [0.5, 0.6) is 0 Å². The SMILES string of the molecule is CS(=O)(=O)C1=CCC(c2cnc(N)c(-c3nnc(-c4ccccc4)o3)n2)C=C1. The Morgan fingerprint density at radius 2 is 1.89 bits per heavy atom. The zero-order valence-corrected chi connectivity index (χ0v) is 15.8. The van der Waals surface area contributed by atoms with E-state index in [1.54, 1.807) is 24.4 Å². The minimum atomic E-state index is -3.23. The number of hydrogen-bond donors (Lipinski definition) is 1. The molecule has 0 radical (unpaired) electrons. The fourth-order valence-electron chi connectivity index (χ4n) is 2.86. The van der Waals surface area contributed by atoms with Crippen molar-refractivity contribution in [2.45, 2.75) is 12.3 Å². The van der Waals surface area contributed by atoms with Gasteiger partial charge in [0.25, 0.3) is 5.89 Å². The van der Waals surface area contributed by atoms with E-state index in [0.717, 1.165) is 5.56 Å². The highest BCUT2D eigenvalue weighted by atomic mass is 32.2. The molecular formula is C19H17N5O3S. The lowest BCUT2D eigenvalue weighted by Gasteiger charge is -2.15. The molecule has 0 aliphatic heterocycles. The molecule has 0 saturated carbocycles. The molecule has 28 heavy (non-hydrogen) atoms. The summed E-state index contributed by atoms with van der Waals surface area (Å²) in [4.78, 5) is 9.04. The maximum atomic E-state index is 11.6. The lowest BCUT2D eigenvalue weighted by Crippen LogP contribution is -2.08. The van der Waals surface area contributed by atoms with Crippen LogP contribution < -0.4 is 5.73 Å². The molecule has 1 unspecified atom stereocenters. The summed E-state index contributed by atoms with van der Waals surface area (Å²) in [5.41, 5.74) is 7.70. The van der Waals surface area contributed by atoms with E-state index >= 15 is 0 Å². The number of allylic oxidation sites excluding steroid dienone is 3. The molecule has 0 amide bonds. The van der Waals surface area contributed by atoms with Crippen LogP contribution in [0.25, 0.3) is 23.0 Å². The number of nitrogen functional groups attached to an aromatic ring is 1. The number of nitrogens with two attached hydrogens (primary N) is 1. The highest BCUT2D eigenvalue weighted by Crippen LogP contribution is 2.30. The highest BCUT2D eigenvalue weighted by molar-refractivity contribution is 7.94. The first-order chi connectivity index (χ1) is 13.4. The van der Waals surface area contributed by atoms with Crippen LogP contribution >= 0.6 is 0 Å². The maximum Gasteiger partial charge on any atom is 0.270 e. The normalized spacial score (nSPS) is 16.8. The number of aromatic nitrogens is 4. The molecule has 1 atom stereocenters. The fraction of sp³-hybridized carbons (Fsp3) is 0.158. The minimum absolute atomic E-state index is 0.117.